The minimum absolute atomic E-state index is 0.650. The van der Waals surface area contributed by atoms with E-state index in [0.717, 1.165) is 5.69 Å². The van der Waals surface area contributed by atoms with Gasteiger partial charge in [0.15, 0.2) is 0 Å². The molecular formula is C9H12N2. The summed E-state index contributed by atoms with van der Waals surface area (Å²) in [6.07, 6.45) is 1.68. The van der Waals surface area contributed by atoms with Crippen LogP contribution >= 0.6 is 0 Å². The third-order valence-electron chi connectivity index (χ3n) is 1.13. The molecule has 1 rings (SSSR count). The van der Waals surface area contributed by atoms with E-state index in [0.29, 0.717) is 5.56 Å². The van der Waals surface area contributed by atoms with Crippen LogP contribution in [-0.4, -0.2) is 4.98 Å². The summed E-state index contributed by atoms with van der Waals surface area (Å²) in [7, 11) is 0. The predicted molar refractivity (Wildman–Crippen MR) is 45.0 cm³/mol. The van der Waals surface area contributed by atoms with Gasteiger partial charge in [-0.1, -0.05) is 13.8 Å². The van der Waals surface area contributed by atoms with E-state index in [2.05, 4.69) is 4.98 Å². The van der Waals surface area contributed by atoms with E-state index < -0.39 is 0 Å². The Hall–Kier alpha value is -1.36. The van der Waals surface area contributed by atoms with Crippen molar-refractivity contribution in [2.24, 2.45) is 0 Å². The Balaban J connectivity index is 0.000000461. The topological polar surface area (TPSA) is 36.7 Å². The quantitative estimate of drug-likeness (QED) is 0.566. The molecule has 0 spiro atoms. The summed E-state index contributed by atoms with van der Waals surface area (Å²) in [5.41, 5.74) is 1.44. The molecule has 0 radical (unpaired) electrons. The zero-order valence-electron chi connectivity index (χ0n) is 7.13. The van der Waals surface area contributed by atoms with Crippen LogP contribution in [-0.2, 0) is 0 Å². The fourth-order valence-electron chi connectivity index (χ4n) is 0.602. The minimum atomic E-state index is 0.650. The molecule has 1 aromatic rings. The fraction of sp³-hybridized carbons (Fsp3) is 0.333. The van der Waals surface area contributed by atoms with Crippen molar-refractivity contribution in [3.8, 4) is 6.07 Å². The van der Waals surface area contributed by atoms with Crippen molar-refractivity contribution in [1.29, 1.82) is 5.26 Å². The molecule has 0 aliphatic rings. The summed E-state index contributed by atoms with van der Waals surface area (Å²) in [5, 5.41) is 8.43. The highest BCUT2D eigenvalue weighted by atomic mass is 14.7. The zero-order valence-corrected chi connectivity index (χ0v) is 7.13. The van der Waals surface area contributed by atoms with Gasteiger partial charge in [0.1, 0.15) is 6.07 Å². The largest absolute Gasteiger partial charge is 0.260 e. The van der Waals surface area contributed by atoms with Crippen molar-refractivity contribution in [2.75, 3.05) is 0 Å². The predicted octanol–water partition coefficient (Wildman–Crippen LogP) is 2.29. The van der Waals surface area contributed by atoms with E-state index in [1.54, 1.807) is 18.3 Å². The number of rotatable bonds is 0. The fourth-order valence-corrected chi connectivity index (χ4v) is 0.602. The van der Waals surface area contributed by atoms with Crippen LogP contribution in [0.5, 0.6) is 0 Å². The molecule has 11 heavy (non-hydrogen) atoms. The average molecular weight is 148 g/mol. The number of nitriles is 1. The highest BCUT2D eigenvalue weighted by Gasteiger charge is 1.91. The van der Waals surface area contributed by atoms with Gasteiger partial charge >= 0.3 is 0 Å². The molecule has 0 aromatic carbocycles. The van der Waals surface area contributed by atoms with Crippen molar-refractivity contribution >= 4 is 0 Å². The highest BCUT2D eigenvalue weighted by molar-refractivity contribution is 5.31. The molecule has 1 heterocycles. The lowest BCUT2D eigenvalue weighted by Gasteiger charge is -1.89. The number of aromatic nitrogens is 1. The van der Waals surface area contributed by atoms with Gasteiger partial charge in [0, 0.05) is 6.20 Å². The van der Waals surface area contributed by atoms with Crippen LogP contribution in [0.4, 0.5) is 0 Å². The van der Waals surface area contributed by atoms with Gasteiger partial charge in [0.25, 0.3) is 0 Å². The van der Waals surface area contributed by atoms with E-state index >= 15 is 0 Å². The van der Waals surface area contributed by atoms with Gasteiger partial charge in [0.05, 0.1) is 11.3 Å². The van der Waals surface area contributed by atoms with Crippen LogP contribution in [0.25, 0.3) is 0 Å². The van der Waals surface area contributed by atoms with Crippen molar-refractivity contribution in [3.63, 3.8) is 0 Å². The second-order valence-corrected chi connectivity index (χ2v) is 1.75. The Morgan fingerprint density at radius 2 is 2.09 bits per heavy atom. The SMILES string of the molecule is CC.Cc1ncccc1C#N. The van der Waals surface area contributed by atoms with Crippen LogP contribution in [0.2, 0.25) is 0 Å². The summed E-state index contributed by atoms with van der Waals surface area (Å²) in [5.74, 6) is 0. The summed E-state index contributed by atoms with van der Waals surface area (Å²) in [4.78, 5) is 3.93. The Bertz CT molecular complexity index is 248. The van der Waals surface area contributed by atoms with E-state index in [4.69, 9.17) is 5.26 Å². The second-order valence-electron chi connectivity index (χ2n) is 1.75. The van der Waals surface area contributed by atoms with Gasteiger partial charge in [0.2, 0.25) is 0 Å². The first-order valence-corrected chi connectivity index (χ1v) is 3.66. The number of hydrogen-bond acceptors (Lipinski definition) is 2. The minimum Gasteiger partial charge on any atom is -0.260 e. The summed E-state index contributed by atoms with van der Waals surface area (Å²) < 4.78 is 0. The number of hydrogen-bond donors (Lipinski definition) is 0. The molecule has 1 aromatic heterocycles. The molecule has 0 bridgehead atoms. The smallest absolute Gasteiger partial charge is 0.101 e. The van der Waals surface area contributed by atoms with E-state index in [9.17, 15) is 0 Å². The number of aryl methyl sites for hydroxylation is 1. The van der Waals surface area contributed by atoms with Gasteiger partial charge in [-0.05, 0) is 19.1 Å². The summed E-state index contributed by atoms with van der Waals surface area (Å²) >= 11 is 0. The number of pyridine rings is 1. The first-order valence-electron chi connectivity index (χ1n) is 3.66. The molecule has 0 unspecified atom stereocenters. The lowest BCUT2D eigenvalue weighted by atomic mass is 10.2. The Morgan fingerprint density at radius 1 is 1.45 bits per heavy atom. The molecule has 0 amide bonds. The van der Waals surface area contributed by atoms with Gasteiger partial charge in [-0.2, -0.15) is 5.26 Å². The van der Waals surface area contributed by atoms with E-state index in [1.165, 1.54) is 0 Å². The third-order valence-corrected chi connectivity index (χ3v) is 1.13. The van der Waals surface area contributed by atoms with Crippen molar-refractivity contribution in [2.45, 2.75) is 20.8 Å². The van der Waals surface area contributed by atoms with Gasteiger partial charge in [-0.3, -0.25) is 4.98 Å². The molecule has 0 aliphatic heterocycles. The normalized spacial score (nSPS) is 7.45. The molecule has 58 valence electrons. The van der Waals surface area contributed by atoms with Gasteiger partial charge in [-0.25, -0.2) is 0 Å². The molecular weight excluding hydrogens is 136 g/mol. The Morgan fingerprint density at radius 3 is 2.45 bits per heavy atom. The molecule has 0 saturated carbocycles. The van der Waals surface area contributed by atoms with Gasteiger partial charge in [-0.15, -0.1) is 0 Å². The molecule has 0 saturated heterocycles. The van der Waals surface area contributed by atoms with Crippen molar-refractivity contribution < 1.29 is 0 Å². The average Bonchev–Trinajstić information content (AvgIpc) is 2.09. The van der Waals surface area contributed by atoms with Crippen LogP contribution < -0.4 is 0 Å². The maximum absolute atomic E-state index is 8.43. The molecule has 0 aliphatic carbocycles. The Kier molecular flexibility index (Phi) is 4.76. The van der Waals surface area contributed by atoms with Crippen LogP contribution in [0.15, 0.2) is 18.3 Å². The highest BCUT2D eigenvalue weighted by Crippen LogP contribution is 1.99. The first kappa shape index (κ1) is 9.64. The maximum Gasteiger partial charge on any atom is 0.101 e. The molecule has 2 heteroatoms. The second kappa shape index (κ2) is 5.43. The van der Waals surface area contributed by atoms with Crippen LogP contribution in [0.3, 0.4) is 0 Å². The third kappa shape index (κ3) is 2.81. The molecule has 0 fully saturated rings. The standard InChI is InChI=1S/C7H6N2.C2H6/c1-6-7(5-8)3-2-4-9-6;1-2/h2-4H,1H3;1-2H3. The maximum atomic E-state index is 8.43. The molecule has 0 atom stereocenters. The number of nitrogens with zero attached hydrogens (tertiary/aromatic N) is 2. The monoisotopic (exact) mass is 148 g/mol. The lowest BCUT2D eigenvalue weighted by Crippen LogP contribution is -1.83. The zero-order chi connectivity index (χ0) is 8.69. The lowest BCUT2D eigenvalue weighted by molar-refractivity contribution is 1.18. The van der Waals surface area contributed by atoms with E-state index in [1.807, 2.05) is 26.8 Å². The Labute approximate surface area is 67.5 Å². The van der Waals surface area contributed by atoms with E-state index in [-0.39, 0.29) is 0 Å². The van der Waals surface area contributed by atoms with Gasteiger partial charge < -0.3 is 0 Å². The summed E-state index contributed by atoms with van der Waals surface area (Å²) in [6, 6.07) is 5.54. The molecule has 2 nitrogen and oxygen atoms in total. The van der Waals surface area contributed by atoms with Crippen molar-refractivity contribution in [1.82, 2.24) is 4.98 Å². The molecule has 0 N–H and O–H groups in total. The first-order chi connectivity index (χ1) is 5.34. The van der Waals surface area contributed by atoms with Crippen molar-refractivity contribution in [3.05, 3.63) is 29.6 Å². The van der Waals surface area contributed by atoms with Crippen LogP contribution in [0, 0.1) is 18.3 Å². The summed E-state index contributed by atoms with van der Waals surface area (Å²) in [6.45, 7) is 5.82. The van der Waals surface area contributed by atoms with Crippen LogP contribution in [0.1, 0.15) is 25.1 Å².